The number of benzene rings is 2. The quantitative estimate of drug-likeness (QED) is 0.673. The summed E-state index contributed by atoms with van der Waals surface area (Å²) >= 11 is 0. The smallest absolute Gasteiger partial charge is 0.290 e. The fourth-order valence-electron chi connectivity index (χ4n) is 3.64. The number of halogens is 2. The monoisotopic (exact) mass is 425 g/mol. The molecule has 0 unspecified atom stereocenters. The second-order valence-electron chi connectivity index (χ2n) is 7.47. The van der Waals surface area contributed by atoms with Gasteiger partial charge in [0, 0.05) is 31.6 Å². The number of piperidine rings is 1. The molecule has 1 aliphatic heterocycles. The molecule has 0 bridgehead atoms. The lowest BCUT2D eigenvalue weighted by atomic mass is 9.93. The summed E-state index contributed by atoms with van der Waals surface area (Å²) in [5, 5.41) is 6.73. The van der Waals surface area contributed by atoms with Crippen molar-refractivity contribution in [1.82, 2.24) is 15.4 Å². The first-order valence-corrected chi connectivity index (χ1v) is 10.0. The third-order valence-corrected chi connectivity index (χ3v) is 5.42. The molecule has 4 rings (SSSR count). The van der Waals surface area contributed by atoms with Crippen LogP contribution in [0.25, 0.3) is 0 Å². The number of rotatable bonds is 5. The van der Waals surface area contributed by atoms with Gasteiger partial charge in [0.2, 0.25) is 5.76 Å². The lowest BCUT2D eigenvalue weighted by molar-refractivity contribution is 0.0706. The number of hydrogen-bond acceptors (Lipinski definition) is 4. The number of nitrogens with one attached hydrogen (secondary N) is 1. The van der Waals surface area contributed by atoms with Crippen molar-refractivity contribution in [3.63, 3.8) is 0 Å². The van der Waals surface area contributed by atoms with Gasteiger partial charge in [-0.3, -0.25) is 9.59 Å². The molecule has 3 aromatic rings. The van der Waals surface area contributed by atoms with E-state index in [4.69, 9.17) is 4.52 Å². The van der Waals surface area contributed by atoms with Gasteiger partial charge in [-0.25, -0.2) is 8.78 Å². The molecule has 1 N–H and O–H groups in total. The maximum Gasteiger partial charge on any atom is 0.290 e. The molecular weight excluding hydrogens is 404 g/mol. The number of carbonyl (C=O) groups excluding carboxylic acids is 2. The van der Waals surface area contributed by atoms with E-state index in [1.807, 2.05) is 0 Å². The Morgan fingerprint density at radius 2 is 1.77 bits per heavy atom. The van der Waals surface area contributed by atoms with Gasteiger partial charge in [-0.2, -0.15) is 0 Å². The topological polar surface area (TPSA) is 75.4 Å². The number of aromatic nitrogens is 1. The number of likely N-dealkylation sites (tertiary alicyclic amines) is 1. The minimum Gasteiger partial charge on any atom is -0.351 e. The SMILES string of the molecule is O=C(NCc1ccc(F)cc1)c1cc(C2CCN(C(=O)c3ccccc3F)CC2)no1. The van der Waals surface area contributed by atoms with Crippen molar-refractivity contribution in [2.45, 2.75) is 25.3 Å². The summed E-state index contributed by atoms with van der Waals surface area (Å²) in [4.78, 5) is 26.5. The summed E-state index contributed by atoms with van der Waals surface area (Å²) in [5.41, 5.74) is 1.49. The standard InChI is InChI=1S/C23H21F2N3O3/c24-17-7-5-15(6-8-17)14-26-22(29)21-13-20(27-31-21)16-9-11-28(12-10-16)23(30)18-3-1-2-4-19(18)25/h1-8,13,16H,9-12,14H2,(H,26,29). The van der Waals surface area contributed by atoms with Crippen LogP contribution in [0.5, 0.6) is 0 Å². The van der Waals surface area contributed by atoms with Crippen LogP contribution < -0.4 is 5.32 Å². The van der Waals surface area contributed by atoms with E-state index >= 15 is 0 Å². The maximum atomic E-state index is 13.9. The van der Waals surface area contributed by atoms with Gasteiger partial charge in [0.25, 0.3) is 11.8 Å². The number of amides is 2. The molecule has 0 aliphatic carbocycles. The van der Waals surface area contributed by atoms with Gasteiger partial charge in [-0.1, -0.05) is 29.4 Å². The summed E-state index contributed by atoms with van der Waals surface area (Å²) in [6, 6.07) is 13.4. The highest BCUT2D eigenvalue weighted by atomic mass is 19.1. The van der Waals surface area contributed by atoms with Gasteiger partial charge < -0.3 is 14.7 Å². The predicted molar refractivity (Wildman–Crippen MR) is 108 cm³/mol. The van der Waals surface area contributed by atoms with Crippen molar-refractivity contribution < 1.29 is 22.9 Å². The fourth-order valence-corrected chi connectivity index (χ4v) is 3.64. The van der Waals surface area contributed by atoms with Crippen molar-refractivity contribution >= 4 is 11.8 Å². The normalized spacial score (nSPS) is 14.5. The second-order valence-corrected chi connectivity index (χ2v) is 7.47. The minimum atomic E-state index is -0.526. The highest BCUT2D eigenvalue weighted by Gasteiger charge is 2.28. The lowest BCUT2D eigenvalue weighted by Gasteiger charge is -2.31. The number of hydrogen-bond donors (Lipinski definition) is 1. The highest BCUT2D eigenvalue weighted by Crippen LogP contribution is 2.28. The van der Waals surface area contributed by atoms with Gasteiger partial charge in [0.1, 0.15) is 11.6 Å². The molecule has 0 radical (unpaired) electrons. The fraction of sp³-hybridized carbons (Fsp3) is 0.261. The third-order valence-electron chi connectivity index (χ3n) is 5.42. The van der Waals surface area contributed by atoms with Crippen LogP contribution in [0, 0.1) is 11.6 Å². The van der Waals surface area contributed by atoms with Crippen LogP contribution in [0.1, 0.15) is 50.9 Å². The Kier molecular flexibility index (Phi) is 6.06. The van der Waals surface area contributed by atoms with E-state index in [1.165, 1.54) is 24.3 Å². The van der Waals surface area contributed by atoms with Crippen molar-refractivity contribution in [1.29, 1.82) is 0 Å². The molecule has 160 valence electrons. The number of nitrogens with zero attached hydrogens (tertiary/aromatic N) is 2. The zero-order chi connectivity index (χ0) is 21.8. The Balaban J connectivity index is 1.31. The van der Waals surface area contributed by atoms with E-state index in [9.17, 15) is 18.4 Å². The van der Waals surface area contributed by atoms with Crippen LogP contribution >= 0.6 is 0 Å². The maximum absolute atomic E-state index is 13.9. The summed E-state index contributed by atoms with van der Waals surface area (Å²) < 4.78 is 32.0. The third kappa shape index (κ3) is 4.79. The minimum absolute atomic E-state index is 0.0482. The molecule has 2 amide bonds. The summed E-state index contributed by atoms with van der Waals surface area (Å²) in [5.74, 6) is -1.44. The Labute approximate surface area is 177 Å². The molecule has 2 heterocycles. The first-order chi connectivity index (χ1) is 15.0. The molecule has 1 saturated heterocycles. The van der Waals surface area contributed by atoms with Gasteiger partial charge in [0.15, 0.2) is 0 Å². The van der Waals surface area contributed by atoms with Crippen LogP contribution in [0.15, 0.2) is 59.1 Å². The molecule has 31 heavy (non-hydrogen) atoms. The van der Waals surface area contributed by atoms with Gasteiger partial charge >= 0.3 is 0 Å². The molecule has 0 atom stereocenters. The van der Waals surface area contributed by atoms with Crippen molar-refractivity contribution in [2.75, 3.05) is 13.1 Å². The van der Waals surface area contributed by atoms with E-state index in [2.05, 4.69) is 10.5 Å². The van der Waals surface area contributed by atoms with Crippen molar-refractivity contribution in [3.8, 4) is 0 Å². The molecule has 1 aliphatic rings. The summed E-state index contributed by atoms with van der Waals surface area (Å²) in [6.45, 7) is 1.18. The highest BCUT2D eigenvalue weighted by molar-refractivity contribution is 5.94. The van der Waals surface area contributed by atoms with Gasteiger partial charge in [-0.15, -0.1) is 0 Å². The first kappa shape index (κ1) is 20.7. The van der Waals surface area contributed by atoms with Crippen LogP contribution in [0.3, 0.4) is 0 Å². The molecule has 1 fully saturated rings. The van der Waals surface area contributed by atoms with Crippen LogP contribution in [0.4, 0.5) is 8.78 Å². The average Bonchev–Trinajstić information content (AvgIpc) is 3.29. The van der Waals surface area contributed by atoms with Gasteiger partial charge in [-0.05, 0) is 42.7 Å². The van der Waals surface area contributed by atoms with E-state index in [0.717, 1.165) is 5.56 Å². The average molecular weight is 425 g/mol. The zero-order valence-electron chi connectivity index (χ0n) is 16.7. The zero-order valence-corrected chi connectivity index (χ0v) is 16.7. The van der Waals surface area contributed by atoms with Crippen LogP contribution in [-0.2, 0) is 6.54 Å². The molecule has 2 aromatic carbocycles. The molecule has 8 heteroatoms. The van der Waals surface area contributed by atoms with Crippen molar-refractivity contribution in [3.05, 3.63) is 88.8 Å². The van der Waals surface area contributed by atoms with Gasteiger partial charge in [0.05, 0.1) is 11.3 Å². The summed E-state index contributed by atoms with van der Waals surface area (Å²) in [7, 11) is 0. The molecule has 6 nitrogen and oxygen atoms in total. The molecule has 0 spiro atoms. The molecule has 1 aromatic heterocycles. The van der Waals surface area contributed by atoms with Crippen LogP contribution in [-0.4, -0.2) is 35.0 Å². The Bertz CT molecular complexity index is 1070. The lowest BCUT2D eigenvalue weighted by Crippen LogP contribution is -2.38. The van der Waals surface area contributed by atoms with Crippen molar-refractivity contribution in [2.24, 2.45) is 0 Å². The Hall–Kier alpha value is -3.55. The second kappa shape index (κ2) is 9.07. The predicted octanol–water partition coefficient (Wildman–Crippen LogP) is 3.90. The summed E-state index contributed by atoms with van der Waals surface area (Å²) in [6.07, 6.45) is 1.28. The molecule has 0 saturated carbocycles. The largest absolute Gasteiger partial charge is 0.351 e. The van der Waals surface area contributed by atoms with E-state index in [0.29, 0.717) is 31.6 Å². The van der Waals surface area contributed by atoms with Crippen LogP contribution in [0.2, 0.25) is 0 Å². The van der Waals surface area contributed by atoms with E-state index in [1.54, 1.807) is 35.2 Å². The van der Waals surface area contributed by atoms with E-state index in [-0.39, 0.29) is 35.5 Å². The van der Waals surface area contributed by atoms with E-state index < -0.39 is 11.7 Å². The first-order valence-electron chi connectivity index (χ1n) is 10.0. The Morgan fingerprint density at radius 1 is 1.06 bits per heavy atom. The number of carbonyl (C=O) groups is 2. The Morgan fingerprint density at radius 3 is 2.48 bits per heavy atom. The molecular formula is C23H21F2N3O3.